The van der Waals surface area contributed by atoms with E-state index in [0.29, 0.717) is 0 Å². The van der Waals surface area contributed by atoms with E-state index < -0.39 is 20.3 Å². The normalized spacial score (nSPS) is 13.5. The summed E-state index contributed by atoms with van der Waals surface area (Å²) in [5.74, 6) is -1.48. The van der Waals surface area contributed by atoms with Crippen molar-refractivity contribution in [2.75, 3.05) is 0 Å². The largest absolute Gasteiger partial charge is 0.480 e. The Morgan fingerprint density at radius 1 is 1.29 bits per heavy atom. The first-order valence-electron chi connectivity index (χ1n) is 3.64. The van der Waals surface area contributed by atoms with Crippen LogP contribution in [0.3, 0.4) is 0 Å². The number of hydrogen-bond donors (Lipinski definition) is 1. The topological polar surface area (TPSA) is 71.4 Å². The summed E-state index contributed by atoms with van der Waals surface area (Å²) in [4.78, 5) is 10.7. The second-order valence-electron chi connectivity index (χ2n) is 2.60. The third-order valence-corrected chi connectivity index (χ3v) is 3.18. The van der Waals surface area contributed by atoms with E-state index in [-0.39, 0.29) is 5.56 Å². The van der Waals surface area contributed by atoms with E-state index >= 15 is 0 Å². The monoisotopic (exact) mass is 234 g/mol. The summed E-state index contributed by atoms with van der Waals surface area (Å²) < 4.78 is 21.9. The number of carboxylic acids is 1. The van der Waals surface area contributed by atoms with Crippen molar-refractivity contribution < 1.29 is 18.3 Å². The van der Waals surface area contributed by atoms with Crippen LogP contribution in [0, 0.1) is 0 Å². The van der Waals surface area contributed by atoms with Crippen LogP contribution in [-0.2, 0) is 13.8 Å². The van der Waals surface area contributed by atoms with Crippen LogP contribution in [0.1, 0.15) is 10.8 Å². The van der Waals surface area contributed by atoms with Crippen LogP contribution in [0.4, 0.5) is 0 Å². The Labute approximate surface area is 85.5 Å². The van der Waals surface area contributed by atoms with Crippen molar-refractivity contribution in [1.29, 1.82) is 0 Å². The van der Waals surface area contributed by atoms with Crippen LogP contribution in [0.2, 0.25) is 0 Å². The predicted octanol–water partition coefficient (Wildman–Crippen LogP) is 1.38. The lowest BCUT2D eigenvalue weighted by atomic mass is 10.1. The molecule has 0 spiro atoms. The standard InChI is InChI=1S/C8H7ClO4S/c9-14(12,13)7(8(10)11)6-4-2-1-3-5-6/h1-5,7H,(H,10,11)/t7-/m0/s1. The van der Waals surface area contributed by atoms with E-state index in [1.54, 1.807) is 18.2 Å². The molecule has 1 aromatic carbocycles. The smallest absolute Gasteiger partial charge is 0.327 e. The van der Waals surface area contributed by atoms with Gasteiger partial charge in [0.1, 0.15) is 0 Å². The van der Waals surface area contributed by atoms with Gasteiger partial charge in [-0.25, -0.2) is 8.42 Å². The van der Waals surface area contributed by atoms with Crippen molar-refractivity contribution in [3.63, 3.8) is 0 Å². The lowest BCUT2D eigenvalue weighted by Gasteiger charge is -2.07. The Morgan fingerprint density at radius 2 is 1.79 bits per heavy atom. The van der Waals surface area contributed by atoms with Crippen LogP contribution in [0.25, 0.3) is 0 Å². The van der Waals surface area contributed by atoms with Gasteiger partial charge in [-0.2, -0.15) is 0 Å². The van der Waals surface area contributed by atoms with Gasteiger partial charge in [0.2, 0.25) is 0 Å². The Morgan fingerprint density at radius 3 is 2.14 bits per heavy atom. The molecule has 0 saturated carbocycles. The highest BCUT2D eigenvalue weighted by Gasteiger charge is 2.32. The van der Waals surface area contributed by atoms with Crippen LogP contribution >= 0.6 is 10.7 Å². The molecule has 0 heterocycles. The molecule has 0 fully saturated rings. The highest BCUT2D eigenvalue weighted by atomic mass is 35.7. The molecule has 1 N–H and O–H groups in total. The van der Waals surface area contributed by atoms with Crippen LogP contribution in [0.5, 0.6) is 0 Å². The van der Waals surface area contributed by atoms with E-state index in [4.69, 9.17) is 15.8 Å². The van der Waals surface area contributed by atoms with Gasteiger partial charge in [0.05, 0.1) is 0 Å². The lowest BCUT2D eigenvalue weighted by Crippen LogP contribution is -2.17. The van der Waals surface area contributed by atoms with Crippen molar-refractivity contribution in [2.45, 2.75) is 5.25 Å². The van der Waals surface area contributed by atoms with Crippen molar-refractivity contribution in [1.82, 2.24) is 0 Å². The third kappa shape index (κ3) is 2.46. The Kier molecular flexibility index (Phi) is 3.13. The van der Waals surface area contributed by atoms with Gasteiger partial charge in [-0.3, -0.25) is 4.79 Å². The van der Waals surface area contributed by atoms with Crippen LogP contribution in [0.15, 0.2) is 30.3 Å². The fourth-order valence-corrected chi connectivity index (χ4v) is 2.31. The maximum absolute atomic E-state index is 11.0. The van der Waals surface area contributed by atoms with E-state index in [1.807, 2.05) is 0 Å². The Bertz CT molecular complexity index is 426. The number of carboxylic acid groups (broad SMARTS) is 1. The number of rotatable bonds is 3. The SMILES string of the molecule is O=C(O)[C@H](c1ccccc1)S(=O)(=O)Cl. The molecule has 0 aliphatic rings. The molecule has 1 atom stereocenters. The molecule has 1 rings (SSSR count). The van der Waals surface area contributed by atoms with Gasteiger partial charge in [0, 0.05) is 10.7 Å². The molecule has 6 heteroatoms. The van der Waals surface area contributed by atoms with Gasteiger partial charge < -0.3 is 5.11 Å². The first-order valence-corrected chi connectivity index (χ1v) is 6.01. The summed E-state index contributed by atoms with van der Waals surface area (Å²) in [5, 5.41) is 7.00. The van der Waals surface area contributed by atoms with E-state index in [9.17, 15) is 13.2 Å². The number of halogens is 1. The Hall–Kier alpha value is -1.07. The predicted molar refractivity (Wildman–Crippen MR) is 51.6 cm³/mol. The Balaban J connectivity index is 3.22. The molecule has 14 heavy (non-hydrogen) atoms. The molecule has 1 aromatic rings. The maximum atomic E-state index is 11.0. The molecule has 0 bridgehead atoms. The first-order chi connectivity index (χ1) is 6.43. The minimum Gasteiger partial charge on any atom is -0.480 e. The minimum absolute atomic E-state index is 0.148. The van der Waals surface area contributed by atoms with Crippen molar-refractivity contribution in [3.8, 4) is 0 Å². The van der Waals surface area contributed by atoms with Crippen LogP contribution in [-0.4, -0.2) is 19.5 Å². The van der Waals surface area contributed by atoms with Crippen LogP contribution < -0.4 is 0 Å². The quantitative estimate of drug-likeness (QED) is 0.802. The fourth-order valence-electron chi connectivity index (χ4n) is 1.05. The molecule has 4 nitrogen and oxygen atoms in total. The first kappa shape index (κ1) is 11.0. The van der Waals surface area contributed by atoms with Gasteiger partial charge in [-0.1, -0.05) is 30.3 Å². The minimum atomic E-state index is -4.14. The van der Waals surface area contributed by atoms with Crippen molar-refractivity contribution in [3.05, 3.63) is 35.9 Å². The second kappa shape index (κ2) is 3.98. The molecule has 0 amide bonds. The zero-order valence-electron chi connectivity index (χ0n) is 6.92. The molecule has 0 radical (unpaired) electrons. The van der Waals surface area contributed by atoms with Crippen molar-refractivity contribution >= 4 is 25.7 Å². The molecule has 0 aliphatic heterocycles. The molecule has 0 aromatic heterocycles. The summed E-state index contributed by atoms with van der Waals surface area (Å²) in [6.07, 6.45) is 0. The highest BCUT2D eigenvalue weighted by molar-refractivity contribution is 8.14. The molecule has 0 aliphatic carbocycles. The number of aliphatic carboxylic acids is 1. The average Bonchev–Trinajstić information content (AvgIpc) is 2.02. The summed E-state index contributed by atoms with van der Waals surface area (Å²) in [5.41, 5.74) is 0.148. The summed E-state index contributed by atoms with van der Waals surface area (Å²) in [7, 11) is 0.876. The van der Waals surface area contributed by atoms with E-state index in [2.05, 4.69) is 0 Å². The summed E-state index contributed by atoms with van der Waals surface area (Å²) in [6.45, 7) is 0. The number of carbonyl (C=O) groups is 1. The van der Waals surface area contributed by atoms with Crippen molar-refractivity contribution in [2.24, 2.45) is 0 Å². The molecule has 0 unspecified atom stereocenters. The van der Waals surface area contributed by atoms with Gasteiger partial charge in [0.15, 0.2) is 5.25 Å². The zero-order chi connectivity index (χ0) is 10.8. The van der Waals surface area contributed by atoms with E-state index in [0.717, 1.165) is 0 Å². The summed E-state index contributed by atoms with van der Waals surface area (Å²) >= 11 is 0. The lowest BCUT2D eigenvalue weighted by molar-refractivity contribution is -0.136. The molecule has 76 valence electrons. The third-order valence-electron chi connectivity index (χ3n) is 1.61. The van der Waals surface area contributed by atoms with Gasteiger partial charge in [0.25, 0.3) is 9.05 Å². The van der Waals surface area contributed by atoms with Gasteiger partial charge in [-0.05, 0) is 5.56 Å². The summed E-state index contributed by atoms with van der Waals surface area (Å²) in [6, 6.07) is 7.56. The maximum Gasteiger partial charge on any atom is 0.327 e. The average molecular weight is 235 g/mol. The molecular formula is C8H7ClO4S. The fraction of sp³-hybridized carbons (Fsp3) is 0.125. The molecule has 0 saturated heterocycles. The van der Waals surface area contributed by atoms with Gasteiger partial charge >= 0.3 is 5.97 Å². The zero-order valence-corrected chi connectivity index (χ0v) is 8.49. The second-order valence-corrected chi connectivity index (χ2v) is 5.32. The highest BCUT2D eigenvalue weighted by Crippen LogP contribution is 2.25. The van der Waals surface area contributed by atoms with E-state index in [1.165, 1.54) is 12.1 Å². The van der Waals surface area contributed by atoms with Gasteiger partial charge in [-0.15, -0.1) is 0 Å². The number of hydrogen-bond acceptors (Lipinski definition) is 3. The number of benzene rings is 1. The molecular weight excluding hydrogens is 228 g/mol.